The second kappa shape index (κ2) is 4.00. The number of thiophene rings is 1. The molecule has 0 radical (unpaired) electrons. The highest BCUT2D eigenvalue weighted by molar-refractivity contribution is 7.14. The van der Waals surface area contributed by atoms with Gasteiger partial charge in [-0.1, -0.05) is 6.58 Å². The molecule has 64 valence electrons. The van der Waals surface area contributed by atoms with Crippen molar-refractivity contribution in [2.45, 2.75) is 6.42 Å². The van der Waals surface area contributed by atoms with Crippen LogP contribution in [0.4, 0.5) is 5.69 Å². The number of rotatable bonds is 3. The van der Waals surface area contributed by atoms with Crippen molar-refractivity contribution in [3.63, 3.8) is 0 Å². The maximum absolute atomic E-state index is 5.72. The van der Waals surface area contributed by atoms with Crippen molar-refractivity contribution in [1.82, 2.24) is 0 Å². The van der Waals surface area contributed by atoms with E-state index in [1.54, 1.807) is 18.4 Å². The summed E-state index contributed by atoms with van der Waals surface area (Å²) in [7, 11) is 1.64. The number of anilines is 1. The second-order valence-corrected chi connectivity index (χ2v) is 3.36. The molecule has 1 heterocycles. The quantitative estimate of drug-likeness (QED) is 0.726. The lowest BCUT2D eigenvalue weighted by Crippen LogP contribution is -1.85. The fourth-order valence-corrected chi connectivity index (χ4v) is 1.70. The van der Waals surface area contributed by atoms with Crippen molar-refractivity contribution in [3.05, 3.63) is 29.3 Å². The molecule has 1 rings (SSSR count). The standard InChI is InChI=1S/C9H11NOS/c1-3-4-5-8-7(10)6-9(11-2)12-8/h4,6H,1,5,10H2,2H3. The molecule has 12 heavy (non-hydrogen) atoms. The molecule has 0 fully saturated rings. The van der Waals surface area contributed by atoms with Gasteiger partial charge in [-0.3, -0.25) is 0 Å². The van der Waals surface area contributed by atoms with Crippen LogP contribution in [0.5, 0.6) is 5.06 Å². The lowest BCUT2D eigenvalue weighted by molar-refractivity contribution is 0.427. The fraction of sp³-hybridized carbons (Fsp3) is 0.222. The highest BCUT2D eigenvalue weighted by Crippen LogP contribution is 2.31. The largest absolute Gasteiger partial charge is 0.487 e. The van der Waals surface area contributed by atoms with Crippen molar-refractivity contribution in [2.24, 2.45) is 0 Å². The van der Waals surface area contributed by atoms with E-state index in [-0.39, 0.29) is 0 Å². The molecule has 0 aliphatic rings. The summed E-state index contributed by atoms with van der Waals surface area (Å²) >= 11 is 1.55. The molecular weight excluding hydrogens is 170 g/mol. The molecule has 0 aliphatic carbocycles. The number of allylic oxidation sites excluding steroid dienone is 1. The molecule has 0 bridgehead atoms. The van der Waals surface area contributed by atoms with Crippen LogP contribution in [-0.2, 0) is 6.42 Å². The summed E-state index contributed by atoms with van der Waals surface area (Å²) in [6, 6.07) is 1.83. The van der Waals surface area contributed by atoms with E-state index in [0.717, 1.165) is 22.0 Å². The summed E-state index contributed by atoms with van der Waals surface area (Å²) in [5.41, 5.74) is 9.21. The van der Waals surface area contributed by atoms with Gasteiger partial charge in [-0.15, -0.1) is 17.1 Å². The Hall–Kier alpha value is -1.18. The van der Waals surface area contributed by atoms with Gasteiger partial charge in [-0.05, 0) is 6.08 Å². The molecule has 0 unspecified atom stereocenters. The molecule has 0 aliphatic heterocycles. The van der Waals surface area contributed by atoms with E-state index in [1.165, 1.54) is 0 Å². The zero-order chi connectivity index (χ0) is 8.97. The third-order valence-corrected chi connectivity index (χ3v) is 2.59. The molecule has 3 heteroatoms. The Morgan fingerprint density at radius 1 is 1.83 bits per heavy atom. The lowest BCUT2D eigenvalue weighted by Gasteiger charge is -1.89. The number of methoxy groups -OCH3 is 1. The average molecular weight is 181 g/mol. The average Bonchev–Trinajstić information content (AvgIpc) is 2.43. The number of nitrogens with two attached hydrogens (primary N) is 1. The number of nitrogen functional groups attached to an aromatic ring is 1. The minimum Gasteiger partial charge on any atom is -0.487 e. The lowest BCUT2D eigenvalue weighted by atomic mass is 10.3. The summed E-state index contributed by atoms with van der Waals surface area (Å²) in [5.74, 6) is 0. The Kier molecular flexibility index (Phi) is 2.97. The minimum atomic E-state index is 0.781. The molecule has 2 N–H and O–H groups in total. The Balaban J connectivity index is 2.84. The molecule has 0 saturated heterocycles. The van der Waals surface area contributed by atoms with E-state index in [0.29, 0.717) is 0 Å². The Labute approximate surface area is 76.0 Å². The Morgan fingerprint density at radius 2 is 2.58 bits per heavy atom. The molecule has 0 aromatic carbocycles. The van der Waals surface area contributed by atoms with Crippen LogP contribution >= 0.6 is 11.3 Å². The van der Waals surface area contributed by atoms with E-state index in [9.17, 15) is 0 Å². The Morgan fingerprint density at radius 3 is 3.08 bits per heavy atom. The van der Waals surface area contributed by atoms with Crippen LogP contribution in [0.3, 0.4) is 0 Å². The normalized spacial score (nSPS) is 9.08. The number of hydrogen-bond donors (Lipinski definition) is 1. The van der Waals surface area contributed by atoms with Gasteiger partial charge in [0.1, 0.15) is 0 Å². The van der Waals surface area contributed by atoms with Gasteiger partial charge in [0.15, 0.2) is 5.06 Å². The van der Waals surface area contributed by atoms with Gasteiger partial charge in [0, 0.05) is 23.1 Å². The molecule has 0 saturated carbocycles. The highest BCUT2D eigenvalue weighted by Gasteiger charge is 2.03. The number of ether oxygens (including phenoxy) is 1. The van der Waals surface area contributed by atoms with Crippen LogP contribution < -0.4 is 10.5 Å². The molecule has 1 aromatic heterocycles. The number of hydrogen-bond acceptors (Lipinski definition) is 3. The third kappa shape index (κ3) is 1.91. The van der Waals surface area contributed by atoms with Crippen molar-refractivity contribution >= 4 is 17.0 Å². The topological polar surface area (TPSA) is 35.2 Å². The molecule has 0 spiro atoms. The van der Waals surface area contributed by atoms with Crippen molar-refractivity contribution in [2.75, 3.05) is 12.8 Å². The maximum atomic E-state index is 5.72. The smallest absolute Gasteiger partial charge is 0.175 e. The van der Waals surface area contributed by atoms with Gasteiger partial charge >= 0.3 is 0 Å². The highest BCUT2D eigenvalue weighted by atomic mass is 32.1. The summed E-state index contributed by atoms with van der Waals surface area (Å²) in [6.07, 6.45) is 2.63. The first-order chi connectivity index (χ1) is 5.77. The fourth-order valence-electron chi connectivity index (χ4n) is 0.842. The van der Waals surface area contributed by atoms with Gasteiger partial charge in [0.2, 0.25) is 0 Å². The summed E-state index contributed by atoms with van der Waals surface area (Å²) < 4.78 is 5.04. The van der Waals surface area contributed by atoms with Crippen molar-refractivity contribution < 1.29 is 4.74 Å². The van der Waals surface area contributed by atoms with E-state index >= 15 is 0 Å². The molecular formula is C9H11NOS. The van der Waals surface area contributed by atoms with E-state index < -0.39 is 0 Å². The van der Waals surface area contributed by atoms with Gasteiger partial charge in [-0.2, -0.15) is 0 Å². The first kappa shape index (κ1) is 8.91. The predicted molar refractivity (Wildman–Crippen MR) is 52.7 cm³/mol. The van der Waals surface area contributed by atoms with Crippen LogP contribution in [0.1, 0.15) is 4.88 Å². The van der Waals surface area contributed by atoms with Crippen LogP contribution in [0.15, 0.2) is 24.5 Å². The van der Waals surface area contributed by atoms with E-state index in [1.807, 2.05) is 12.1 Å². The third-order valence-electron chi connectivity index (χ3n) is 1.45. The van der Waals surface area contributed by atoms with Gasteiger partial charge in [0.25, 0.3) is 0 Å². The van der Waals surface area contributed by atoms with Gasteiger partial charge in [0.05, 0.1) is 7.11 Å². The second-order valence-electron chi connectivity index (χ2n) is 2.26. The SMILES string of the molecule is C=C=CCc1sc(OC)cc1N. The van der Waals surface area contributed by atoms with Crippen LogP contribution in [-0.4, -0.2) is 7.11 Å². The van der Waals surface area contributed by atoms with Crippen LogP contribution in [0.25, 0.3) is 0 Å². The zero-order valence-corrected chi connectivity index (χ0v) is 7.78. The van der Waals surface area contributed by atoms with Crippen LogP contribution in [0, 0.1) is 0 Å². The molecule has 1 aromatic rings. The first-order valence-corrected chi connectivity index (χ1v) is 4.36. The van der Waals surface area contributed by atoms with Gasteiger partial charge in [-0.25, -0.2) is 0 Å². The van der Waals surface area contributed by atoms with Crippen molar-refractivity contribution in [3.8, 4) is 5.06 Å². The molecule has 0 amide bonds. The predicted octanol–water partition coefficient (Wildman–Crippen LogP) is 2.22. The maximum Gasteiger partial charge on any atom is 0.175 e. The van der Waals surface area contributed by atoms with E-state index in [2.05, 4.69) is 12.3 Å². The first-order valence-electron chi connectivity index (χ1n) is 3.54. The summed E-state index contributed by atoms with van der Waals surface area (Å²) in [6.45, 7) is 3.48. The van der Waals surface area contributed by atoms with E-state index in [4.69, 9.17) is 10.5 Å². The van der Waals surface area contributed by atoms with Gasteiger partial charge < -0.3 is 10.5 Å². The molecule has 2 nitrogen and oxygen atoms in total. The molecule has 0 atom stereocenters. The van der Waals surface area contributed by atoms with Crippen molar-refractivity contribution in [1.29, 1.82) is 0 Å². The minimum absolute atomic E-state index is 0.781. The monoisotopic (exact) mass is 181 g/mol. The summed E-state index contributed by atoms with van der Waals surface area (Å²) in [5, 5.41) is 0.847. The Bertz CT molecular complexity index is 310. The summed E-state index contributed by atoms with van der Waals surface area (Å²) in [4.78, 5) is 1.10. The van der Waals surface area contributed by atoms with Crippen LogP contribution in [0.2, 0.25) is 0 Å². The zero-order valence-electron chi connectivity index (χ0n) is 6.96.